The van der Waals surface area contributed by atoms with Crippen LogP contribution in [0.15, 0.2) is 158 Å². The molecule has 0 aliphatic rings. The van der Waals surface area contributed by atoms with Gasteiger partial charge in [-0.05, 0) is 65.7 Å². The van der Waals surface area contributed by atoms with Gasteiger partial charge in [0.2, 0.25) is 0 Å². The Morgan fingerprint density at radius 1 is 0.548 bits per heavy atom. The molecule has 0 bridgehead atoms. The molecule has 0 saturated carbocycles. The van der Waals surface area contributed by atoms with Crippen LogP contribution >= 0.6 is 0 Å². The molecule has 0 aliphatic carbocycles. The molecule has 6 aromatic carbocycles. The van der Waals surface area contributed by atoms with Crippen LogP contribution < -0.4 is 14.2 Å². The predicted molar refractivity (Wildman–Crippen MR) is 208 cm³/mol. The molecule has 16 heteroatoms. The molecule has 0 N–H and O–H groups in total. The van der Waals surface area contributed by atoms with Gasteiger partial charge in [0.25, 0.3) is 12.7 Å². The summed E-state index contributed by atoms with van der Waals surface area (Å²) in [6.07, 6.45) is 3.17. The molecule has 62 heavy (non-hydrogen) atoms. The van der Waals surface area contributed by atoms with Gasteiger partial charge in [-0.3, -0.25) is 19.2 Å². The summed E-state index contributed by atoms with van der Waals surface area (Å²) in [5.41, 5.74) is 5.99. The third-order valence-electron chi connectivity index (χ3n) is 8.84. The van der Waals surface area contributed by atoms with Crippen LogP contribution in [0.3, 0.4) is 0 Å². The van der Waals surface area contributed by atoms with E-state index in [9.17, 15) is 30.7 Å². The number of aromatic nitrogens is 8. The first-order valence-electron chi connectivity index (χ1n) is 18.1. The van der Waals surface area contributed by atoms with Crippen LogP contribution in [0.4, 0.5) is 30.7 Å². The van der Waals surface area contributed by atoms with E-state index in [0.29, 0.717) is 22.7 Å². The summed E-state index contributed by atoms with van der Waals surface area (Å²) in [7, 11) is 0. The van der Waals surface area contributed by atoms with Gasteiger partial charge < -0.3 is 19.2 Å². The molecule has 0 fully saturated rings. The molecule has 10 rings (SSSR count). The number of alkyl halides is 3. The average Bonchev–Trinajstić information content (AvgIpc) is 4.02. The van der Waals surface area contributed by atoms with Crippen molar-refractivity contribution in [3.63, 3.8) is 0 Å². The largest absolute Gasteiger partial charge is 0.429 e. The first kappa shape index (κ1) is 42.8. The fourth-order valence-corrected chi connectivity index (χ4v) is 6.17. The molecule has 0 aliphatic heterocycles. The summed E-state index contributed by atoms with van der Waals surface area (Å²) in [6.45, 7) is 0. The third kappa shape index (κ3) is 9.51. The van der Waals surface area contributed by atoms with Gasteiger partial charge >= 0.3 is 6.18 Å². The van der Waals surface area contributed by atoms with Crippen molar-refractivity contribution >= 4 is 22.1 Å². The van der Waals surface area contributed by atoms with Crippen LogP contribution in [0.5, 0.6) is 0 Å². The van der Waals surface area contributed by atoms with Crippen molar-refractivity contribution in [3.05, 3.63) is 212 Å². The minimum Gasteiger partial charge on any atom is -0.413 e. The number of halogens is 7. The van der Waals surface area contributed by atoms with Crippen molar-refractivity contribution in [2.45, 2.75) is 6.18 Å². The smallest absolute Gasteiger partial charge is 0.413 e. The van der Waals surface area contributed by atoms with Crippen molar-refractivity contribution < 1.29 is 60.0 Å². The maximum Gasteiger partial charge on any atom is 0.429 e. The SMILES string of the molecule is FC(F)(F)c1n[n-]c(-c2ccccn2)n1.Fc1cc[c-]c(-n2[c-][n+](-c3cccc(F)c3)c3ccccc32)c1.Fc1cc[c-]c(-n2[c-][n+](-c3cccc(F)c3)c3ccccc32)c1.[Ir]. The van der Waals surface area contributed by atoms with E-state index in [1.54, 1.807) is 54.7 Å². The Morgan fingerprint density at radius 2 is 1.03 bits per heavy atom. The van der Waals surface area contributed by atoms with Crippen molar-refractivity contribution in [2.24, 2.45) is 0 Å². The Balaban J connectivity index is 0.000000142. The second-order valence-corrected chi connectivity index (χ2v) is 12.9. The minimum absolute atomic E-state index is 0. The molecule has 0 unspecified atom stereocenters. The number of nitrogens with zero attached hydrogens (tertiary/aromatic N) is 8. The van der Waals surface area contributed by atoms with Crippen molar-refractivity contribution in [1.82, 2.24) is 29.3 Å². The van der Waals surface area contributed by atoms with Crippen molar-refractivity contribution in [3.8, 4) is 34.3 Å². The predicted octanol–water partition coefficient (Wildman–Crippen LogP) is 9.08. The van der Waals surface area contributed by atoms with Gasteiger partial charge in [-0.1, -0.05) is 66.7 Å². The topological polar surface area (TPSA) is 70.4 Å². The molecule has 4 heterocycles. The Bertz CT molecular complexity index is 2790. The molecule has 8 nitrogen and oxygen atoms in total. The summed E-state index contributed by atoms with van der Waals surface area (Å²) in [6, 6.07) is 47.0. The quantitative estimate of drug-likeness (QED) is 0.0981. The van der Waals surface area contributed by atoms with Gasteiger partial charge in [-0.25, -0.2) is 17.6 Å². The third-order valence-corrected chi connectivity index (χ3v) is 8.84. The van der Waals surface area contributed by atoms with Crippen molar-refractivity contribution in [1.29, 1.82) is 0 Å². The number of para-hydroxylation sites is 4. The molecule has 311 valence electrons. The monoisotopic (exact) mass is 1020 g/mol. The van der Waals surface area contributed by atoms with Crippen LogP contribution in [0.2, 0.25) is 0 Å². The van der Waals surface area contributed by atoms with E-state index < -0.39 is 12.0 Å². The zero-order chi connectivity index (χ0) is 42.5. The zero-order valence-corrected chi connectivity index (χ0v) is 34.0. The van der Waals surface area contributed by atoms with Gasteiger partial charge in [0.1, 0.15) is 17.5 Å². The molecule has 0 atom stereocenters. The molecule has 0 spiro atoms. The summed E-state index contributed by atoms with van der Waals surface area (Å²) >= 11 is 0. The van der Waals surface area contributed by atoms with E-state index >= 15 is 0 Å². The Morgan fingerprint density at radius 3 is 1.47 bits per heavy atom. The maximum atomic E-state index is 13.5. The van der Waals surface area contributed by atoms with Crippen LogP contribution in [0.25, 0.3) is 56.3 Å². The normalized spacial score (nSPS) is 11.0. The van der Waals surface area contributed by atoms with Crippen LogP contribution in [0, 0.1) is 48.1 Å². The van der Waals surface area contributed by atoms with Gasteiger partial charge in [0.05, 0.1) is 39.1 Å². The van der Waals surface area contributed by atoms with E-state index in [0.717, 1.165) is 22.1 Å². The molecule has 0 amide bonds. The second kappa shape index (κ2) is 18.5. The van der Waals surface area contributed by atoms with E-state index in [-0.39, 0.29) is 54.9 Å². The standard InChI is InChI=1S/2C19H11F2N2.C8H4F3N4.Ir/c2*20-14-5-3-7-16(11-14)22-13-23(17-8-4-6-15(21)12-17)19-10-2-1-9-18(19)22;9-8(10,11)7-13-6(14-15-7)5-3-1-2-4-12-5;/h2*1-7,9-12H;1-4H;/q3*-1;. The number of benzene rings is 6. The van der Waals surface area contributed by atoms with E-state index in [1.165, 1.54) is 72.9 Å². The van der Waals surface area contributed by atoms with Crippen LogP contribution in [-0.4, -0.2) is 24.2 Å². The van der Waals surface area contributed by atoms with Gasteiger partial charge in [0, 0.05) is 37.9 Å². The number of hydrogen-bond acceptors (Lipinski definition) is 3. The fourth-order valence-electron chi connectivity index (χ4n) is 6.17. The summed E-state index contributed by atoms with van der Waals surface area (Å²) < 4.78 is 97.5. The number of hydrogen-bond donors (Lipinski definition) is 0. The molecule has 4 aromatic heterocycles. The van der Waals surface area contributed by atoms with E-state index in [2.05, 4.69) is 45.0 Å². The average molecular weight is 1020 g/mol. The summed E-state index contributed by atoms with van der Waals surface area (Å²) in [5.74, 6) is -2.70. The van der Waals surface area contributed by atoms with Gasteiger partial charge in [-0.2, -0.15) is 37.4 Å². The second-order valence-electron chi connectivity index (χ2n) is 12.9. The maximum absolute atomic E-state index is 13.5. The first-order valence-corrected chi connectivity index (χ1v) is 18.1. The summed E-state index contributed by atoms with van der Waals surface area (Å²) in [4.78, 5) is 7.05. The Labute approximate surface area is 362 Å². The molecule has 0 saturated heterocycles. The van der Waals surface area contributed by atoms with E-state index in [4.69, 9.17) is 0 Å². The minimum atomic E-state index is -4.57. The molecular formula is C46H26F7IrN8-3. The molecular weight excluding hydrogens is 990 g/mol. The number of fused-ring (bicyclic) bond motifs is 2. The fraction of sp³-hybridized carbons (Fsp3) is 0.0217. The zero-order valence-electron chi connectivity index (χ0n) is 31.6. The van der Waals surface area contributed by atoms with Gasteiger partial charge in [-0.15, -0.1) is 24.3 Å². The van der Waals surface area contributed by atoms with Crippen LogP contribution in [0.1, 0.15) is 5.82 Å². The molecule has 1 radical (unpaired) electrons. The summed E-state index contributed by atoms with van der Waals surface area (Å²) in [5, 5.41) is 6.25. The van der Waals surface area contributed by atoms with E-state index in [1.807, 2.05) is 48.5 Å². The number of imidazole rings is 2. The van der Waals surface area contributed by atoms with Crippen LogP contribution in [-0.2, 0) is 26.3 Å². The Kier molecular flexibility index (Phi) is 12.8. The number of pyridine rings is 1. The molecule has 10 aromatic rings. The number of rotatable bonds is 5. The Hall–Kier alpha value is -7.29. The van der Waals surface area contributed by atoms with Gasteiger partial charge in [0.15, 0.2) is 0 Å². The van der Waals surface area contributed by atoms with Crippen molar-refractivity contribution in [2.75, 3.05) is 0 Å². The first-order chi connectivity index (χ1) is 29.5.